The van der Waals surface area contributed by atoms with E-state index in [-0.39, 0.29) is 12.3 Å². The van der Waals surface area contributed by atoms with Crippen molar-refractivity contribution in [3.63, 3.8) is 0 Å². The number of hydrogen-bond donors (Lipinski definition) is 1. The Morgan fingerprint density at radius 1 is 1.12 bits per heavy atom. The topological polar surface area (TPSA) is 66.5 Å². The molecule has 1 aromatic heterocycles. The van der Waals surface area contributed by atoms with Gasteiger partial charge in [0.25, 0.3) is 10.0 Å². The fourth-order valence-electron chi connectivity index (χ4n) is 3.13. The fraction of sp³-hybridized carbons (Fsp3) is 0.421. The first kappa shape index (κ1) is 19.1. The zero-order valence-corrected chi connectivity index (χ0v) is 16.5. The Bertz CT molecular complexity index is 868. The zero-order chi connectivity index (χ0) is 18.6. The number of amides is 1. The van der Waals surface area contributed by atoms with Crippen LogP contribution in [0.1, 0.15) is 36.6 Å². The van der Waals surface area contributed by atoms with Crippen molar-refractivity contribution in [1.82, 2.24) is 4.31 Å². The van der Waals surface area contributed by atoms with E-state index in [1.54, 1.807) is 16.4 Å². The highest BCUT2D eigenvalue weighted by Crippen LogP contribution is 2.27. The van der Waals surface area contributed by atoms with Gasteiger partial charge in [0.05, 0.1) is 6.42 Å². The highest BCUT2D eigenvalue weighted by molar-refractivity contribution is 7.91. The standard InChI is InChI=1S/C19H24N2O3S2/c1-2-15-8-4-5-9-17(15)20-18(22)14-16-10-11-19(25-16)26(23,24)21-12-6-3-7-13-21/h4-5,8-11H,2-3,6-7,12-14H2,1H3,(H,20,22). The third-order valence-corrected chi connectivity index (χ3v) is 8.00. The van der Waals surface area contributed by atoms with Crippen LogP contribution in [-0.2, 0) is 27.7 Å². The van der Waals surface area contributed by atoms with Crippen molar-refractivity contribution < 1.29 is 13.2 Å². The molecular formula is C19H24N2O3S2. The van der Waals surface area contributed by atoms with Crippen molar-refractivity contribution >= 4 is 33.0 Å². The molecule has 0 unspecified atom stereocenters. The Hall–Kier alpha value is -1.70. The smallest absolute Gasteiger partial charge is 0.252 e. The number of piperidine rings is 1. The summed E-state index contributed by atoms with van der Waals surface area (Å²) in [5.74, 6) is -0.130. The number of sulfonamides is 1. The average Bonchev–Trinajstić information content (AvgIpc) is 3.12. The van der Waals surface area contributed by atoms with Gasteiger partial charge in [-0.15, -0.1) is 11.3 Å². The highest BCUT2D eigenvalue weighted by Gasteiger charge is 2.27. The zero-order valence-electron chi connectivity index (χ0n) is 14.9. The van der Waals surface area contributed by atoms with Crippen molar-refractivity contribution in [2.75, 3.05) is 18.4 Å². The Labute approximate surface area is 159 Å². The molecular weight excluding hydrogens is 368 g/mol. The highest BCUT2D eigenvalue weighted by atomic mass is 32.2. The van der Waals surface area contributed by atoms with Gasteiger partial charge in [0, 0.05) is 23.7 Å². The molecule has 0 bridgehead atoms. The fourth-order valence-corrected chi connectivity index (χ4v) is 6.15. The van der Waals surface area contributed by atoms with Crippen LogP contribution in [0.4, 0.5) is 5.69 Å². The summed E-state index contributed by atoms with van der Waals surface area (Å²) in [6.07, 6.45) is 3.93. The van der Waals surface area contributed by atoms with Gasteiger partial charge < -0.3 is 5.32 Å². The molecule has 140 valence electrons. The van der Waals surface area contributed by atoms with Gasteiger partial charge in [-0.2, -0.15) is 4.31 Å². The van der Waals surface area contributed by atoms with Crippen molar-refractivity contribution in [3.8, 4) is 0 Å². The maximum atomic E-state index is 12.7. The van der Waals surface area contributed by atoms with Gasteiger partial charge in [-0.1, -0.05) is 31.5 Å². The summed E-state index contributed by atoms with van der Waals surface area (Å²) in [4.78, 5) is 13.1. The van der Waals surface area contributed by atoms with Crippen LogP contribution in [0.15, 0.2) is 40.6 Å². The minimum Gasteiger partial charge on any atom is -0.326 e. The molecule has 0 spiro atoms. The van der Waals surface area contributed by atoms with Crippen molar-refractivity contribution in [2.24, 2.45) is 0 Å². The van der Waals surface area contributed by atoms with Crippen molar-refractivity contribution in [3.05, 3.63) is 46.8 Å². The normalized spacial score (nSPS) is 15.7. The SMILES string of the molecule is CCc1ccccc1NC(=O)Cc1ccc(S(=O)(=O)N2CCCCC2)s1. The van der Waals surface area contributed by atoms with E-state index in [2.05, 4.69) is 5.32 Å². The van der Waals surface area contributed by atoms with Crippen LogP contribution in [0.2, 0.25) is 0 Å². The van der Waals surface area contributed by atoms with Gasteiger partial charge in [-0.05, 0) is 43.0 Å². The average molecular weight is 393 g/mol. The van der Waals surface area contributed by atoms with E-state index in [4.69, 9.17) is 0 Å². The molecule has 26 heavy (non-hydrogen) atoms. The molecule has 1 aliphatic rings. The van der Waals surface area contributed by atoms with Crippen LogP contribution in [0.3, 0.4) is 0 Å². The molecule has 3 rings (SSSR count). The molecule has 1 fully saturated rings. The summed E-state index contributed by atoms with van der Waals surface area (Å²) in [7, 11) is -3.43. The van der Waals surface area contributed by atoms with Gasteiger partial charge in [-0.25, -0.2) is 8.42 Å². The molecule has 1 N–H and O–H groups in total. The summed E-state index contributed by atoms with van der Waals surface area (Å²) in [5.41, 5.74) is 1.90. The number of hydrogen-bond acceptors (Lipinski definition) is 4. The van der Waals surface area contributed by atoms with E-state index in [9.17, 15) is 13.2 Å². The predicted octanol–water partition coefficient (Wildman–Crippen LogP) is 3.67. The number of nitrogens with one attached hydrogen (secondary N) is 1. The number of nitrogens with zero attached hydrogens (tertiary/aromatic N) is 1. The molecule has 1 amide bonds. The first-order valence-corrected chi connectivity index (χ1v) is 11.2. The lowest BCUT2D eigenvalue weighted by Crippen LogP contribution is -2.35. The van der Waals surface area contributed by atoms with Crippen LogP contribution >= 0.6 is 11.3 Å². The van der Waals surface area contributed by atoms with Crippen molar-refractivity contribution in [2.45, 2.75) is 43.2 Å². The van der Waals surface area contributed by atoms with Crippen LogP contribution < -0.4 is 5.32 Å². The lowest BCUT2D eigenvalue weighted by molar-refractivity contribution is -0.115. The largest absolute Gasteiger partial charge is 0.326 e. The number of benzene rings is 1. The van der Waals surface area contributed by atoms with Gasteiger partial charge in [0.1, 0.15) is 4.21 Å². The Kier molecular flexibility index (Phi) is 6.11. The van der Waals surface area contributed by atoms with Crippen LogP contribution in [0.5, 0.6) is 0 Å². The molecule has 0 aliphatic carbocycles. The number of carbonyl (C=O) groups is 1. The molecule has 0 radical (unpaired) electrons. The third kappa shape index (κ3) is 4.34. The Balaban J connectivity index is 1.67. The first-order valence-electron chi connectivity index (χ1n) is 8.97. The summed E-state index contributed by atoms with van der Waals surface area (Å²) in [6.45, 7) is 3.22. The molecule has 2 aromatic rings. The quantitative estimate of drug-likeness (QED) is 0.816. The maximum Gasteiger partial charge on any atom is 0.252 e. The molecule has 5 nitrogen and oxygen atoms in total. The number of carbonyl (C=O) groups excluding carboxylic acids is 1. The molecule has 0 atom stereocenters. The second kappa shape index (κ2) is 8.33. The van der Waals surface area contributed by atoms with E-state index >= 15 is 0 Å². The summed E-state index contributed by atoms with van der Waals surface area (Å²) in [5, 5.41) is 2.93. The van der Waals surface area contributed by atoms with Crippen LogP contribution in [-0.4, -0.2) is 31.7 Å². The Morgan fingerprint density at radius 3 is 2.58 bits per heavy atom. The van der Waals surface area contributed by atoms with E-state index in [0.717, 1.165) is 41.8 Å². The number of para-hydroxylation sites is 1. The second-order valence-corrected chi connectivity index (χ2v) is 9.75. The lowest BCUT2D eigenvalue weighted by Gasteiger charge is -2.25. The van der Waals surface area contributed by atoms with Gasteiger partial charge >= 0.3 is 0 Å². The van der Waals surface area contributed by atoms with E-state index in [1.165, 1.54) is 11.3 Å². The van der Waals surface area contributed by atoms with Gasteiger partial charge in [0.15, 0.2) is 0 Å². The van der Waals surface area contributed by atoms with Crippen LogP contribution in [0, 0.1) is 0 Å². The predicted molar refractivity (Wildman–Crippen MR) is 105 cm³/mol. The number of rotatable bonds is 6. The molecule has 7 heteroatoms. The number of aryl methyl sites for hydroxylation is 1. The van der Waals surface area contributed by atoms with Gasteiger partial charge in [-0.3, -0.25) is 4.79 Å². The van der Waals surface area contributed by atoms with E-state index < -0.39 is 10.0 Å². The monoisotopic (exact) mass is 392 g/mol. The van der Waals surface area contributed by atoms with Crippen LogP contribution in [0.25, 0.3) is 0 Å². The minimum atomic E-state index is -3.43. The summed E-state index contributed by atoms with van der Waals surface area (Å²) < 4.78 is 27.3. The molecule has 0 saturated carbocycles. The van der Waals surface area contributed by atoms with E-state index in [0.29, 0.717) is 17.3 Å². The summed E-state index contributed by atoms with van der Waals surface area (Å²) in [6, 6.07) is 11.1. The maximum absolute atomic E-state index is 12.7. The Morgan fingerprint density at radius 2 is 1.85 bits per heavy atom. The van der Waals surface area contributed by atoms with E-state index in [1.807, 2.05) is 31.2 Å². The molecule has 1 aromatic carbocycles. The summed E-state index contributed by atoms with van der Waals surface area (Å²) >= 11 is 1.19. The van der Waals surface area contributed by atoms with Gasteiger partial charge in [0.2, 0.25) is 5.91 Å². The third-order valence-electron chi connectivity index (χ3n) is 4.55. The molecule has 2 heterocycles. The lowest BCUT2D eigenvalue weighted by atomic mass is 10.1. The number of thiophene rings is 1. The number of anilines is 1. The minimum absolute atomic E-state index is 0.130. The first-order chi connectivity index (χ1) is 12.5. The molecule has 1 aliphatic heterocycles. The second-order valence-electron chi connectivity index (χ2n) is 6.42. The van der Waals surface area contributed by atoms with Crippen molar-refractivity contribution in [1.29, 1.82) is 0 Å². The molecule has 1 saturated heterocycles.